The van der Waals surface area contributed by atoms with Crippen LogP contribution in [0.15, 0.2) is 6.33 Å². The summed E-state index contributed by atoms with van der Waals surface area (Å²) >= 11 is 0. The van der Waals surface area contributed by atoms with Gasteiger partial charge in [0.05, 0.1) is 17.7 Å². The van der Waals surface area contributed by atoms with E-state index in [1.165, 1.54) is 11.4 Å². The van der Waals surface area contributed by atoms with Gasteiger partial charge in [-0.25, -0.2) is 4.98 Å². The van der Waals surface area contributed by atoms with Crippen LogP contribution in [0.2, 0.25) is 0 Å². The normalized spacial score (nSPS) is 16.1. The minimum Gasteiger partial charge on any atom is -0.336 e. The number of fused-ring (bicyclic) bond motifs is 1. The van der Waals surface area contributed by atoms with Crippen molar-refractivity contribution in [2.75, 3.05) is 0 Å². The van der Waals surface area contributed by atoms with Crippen molar-refractivity contribution < 1.29 is 0 Å². The van der Waals surface area contributed by atoms with Gasteiger partial charge in [0.25, 0.3) is 0 Å². The lowest BCUT2D eigenvalue weighted by Crippen LogP contribution is -2.04. The van der Waals surface area contributed by atoms with Gasteiger partial charge in [-0.05, 0) is 0 Å². The lowest BCUT2D eigenvalue weighted by molar-refractivity contribution is 0.712. The third-order valence-corrected chi connectivity index (χ3v) is 1.73. The number of imidazole rings is 1. The Kier molecular flexibility index (Phi) is 0.873. The molecule has 0 amide bonds. The topological polar surface area (TPSA) is 29.9 Å². The number of rotatable bonds is 0. The van der Waals surface area contributed by atoms with E-state index in [1.54, 1.807) is 0 Å². The van der Waals surface area contributed by atoms with Gasteiger partial charge in [-0.15, -0.1) is 0 Å². The van der Waals surface area contributed by atoms with E-state index in [0.717, 1.165) is 13.1 Å². The summed E-state index contributed by atoms with van der Waals surface area (Å²) in [4.78, 5) is 4.20. The minimum atomic E-state index is 0.941. The molecule has 48 valence electrons. The average Bonchev–Trinajstić information content (AvgIpc) is 2.35. The molecule has 3 nitrogen and oxygen atoms in total. The summed E-state index contributed by atoms with van der Waals surface area (Å²) in [6.07, 6.45) is 1.87. The van der Waals surface area contributed by atoms with Crippen LogP contribution in [0.3, 0.4) is 0 Å². The highest BCUT2D eigenvalue weighted by Crippen LogP contribution is 2.10. The average molecular weight is 123 g/mol. The predicted octanol–water partition coefficient (Wildman–Crippen LogP) is 0.0233. The van der Waals surface area contributed by atoms with Crippen LogP contribution in [-0.4, -0.2) is 9.55 Å². The summed E-state index contributed by atoms with van der Waals surface area (Å²) in [5.41, 5.74) is 2.53. The number of aromatic nitrogens is 2. The second-order valence-electron chi connectivity index (χ2n) is 2.35. The number of nitrogens with one attached hydrogen (secondary N) is 1. The molecule has 0 unspecified atom stereocenters. The monoisotopic (exact) mass is 123 g/mol. The minimum absolute atomic E-state index is 0.941. The molecule has 2 rings (SSSR count). The zero-order chi connectivity index (χ0) is 6.27. The van der Waals surface area contributed by atoms with Crippen molar-refractivity contribution in [1.82, 2.24) is 14.9 Å². The molecule has 1 aromatic rings. The van der Waals surface area contributed by atoms with Gasteiger partial charge in [0.2, 0.25) is 0 Å². The lowest BCUT2D eigenvalue weighted by Gasteiger charge is -1.93. The Balaban J connectivity index is 2.56. The van der Waals surface area contributed by atoms with Crippen molar-refractivity contribution in [3.8, 4) is 0 Å². The Morgan fingerprint density at radius 2 is 2.56 bits per heavy atom. The maximum Gasteiger partial charge on any atom is 0.0950 e. The SMILES string of the molecule is Cn1cnc2c1CNC2. The van der Waals surface area contributed by atoms with Crippen LogP contribution in [-0.2, 0) is 20.1 Å². The van der Waals surface area contributed by atoms with Gasteiger partial charge in [0, 0.05) is 20.1 Å². The molecule has 0 saturated heterocycles. The summed E-state index contributed by atoms with van der Waals surface area (Å²) in [6.45, 7) is 1.92. The van der Waals surface area contributed by atoms with E-state index in [0.29, 0.717) is 0 Å². The Morgan fingerprint density at radius 3 is 3.33 bits per heavy atom. The van der Waals surface area contributed by atoms with Crippen LogP contribution in [0.1, 0.15) is 11.4 Å². The first kappa shape index (κ1) is 4.99. The number of hydrogen-bond acceptors (Lipinski definition) is 2. The Hall–Kier alpha value is -0.830. The van der Waals surface area contributed by atoms with Gasteiger partial charge in [-0.3, -0.25) is 0 Å². The molecule has 0 radical (unpaired) electrons. The highest BCUT2D eigenvalue weighted by molar-refractivity contribution is 5.16. The second kappa shape index (κ2) is 1.57. The van der Waals surface area contributed by atoms with Crippen molar-refractivity contribution >= 4 is 0 Å². The van der Waals surface area contributed by atoms with Gasteiger partial charge in [-0.1, -0.05) is 0 Å². The molecule has 1 N–H and O–H groups in total. The smallest absolute Gasteiger partial charge is 0.0950 e. The first-order valence-corrected chi connectivity index (χ1v) is 3.08. The van der Waals surface area contributed by atoms with E-state index in [1.807, 2.05) is 13.4 Å². The van der Waals surface area contributed by atoms with Crippen LogP contribution >= 0.6 is 0 Å². The molecule has 0 bridgehead atoms. The lowest BCUT2D eigenvalue weighted by atomic mass is 10.4. The second-order valence-corrected chi connectivity index (χ2v) is 2.35. The molecule has 0 aromatic carbocycles. The fourth-order valence-corrected chi connectivity index (χ4v) is 1.18. The predicted molar refractivity (Wildman–Crippen MR) is 33.8 cm³/mol. The largest absolute Gasteiger partial charge is 0.336 e. The summed E-state index contributed by atoms with van der Waals surface area (Å²) in [6, 6.07) is 0. The van der Waals surface area contributed by atoms with Gasteiger partial charge in [-0.2, -0.15) is 0 Å². The van der Waals surface area contributed by atoms with Crippen LogP contribution < -0.4 is 5.32 Å². The van der Waals surface area contributed by atoms with E-state index in [2.05, 4.69) is 14.9 Å². The molecule has 3 heteroatoms. The molecule has 0 aliphatic carbocycles. The van der Waals surface area contributed by atoms with Crippen molar-refractivity contribution in [1.29, 1.82) is 0 Å². The number of nitrogens with zero attached hydrogens (tertiary/aromatic N) is 2. The molecule has 0 saturated carbocycles. The molecule has 0 spiro atoms. The highest BCUT2D eigenvalue weighted by atomic mass is 15.1. The third kappa shape index (κ3) is 0.580. The van der Waals surface area contributed by atoms with Crippen molar-refractivity contribution in [3.63, 3.8) is 0 Å². The number of hydrogen-bond donors (Lipinski definition) is 1. The summed E-state index contributed by atoms with van der Waals surface area (Å²) in [7, 11) is 2.03. The van der Waals surface area contributed by atoms with E-state index >= 15 is 0 Å². The van der Waals surface area contributed by atoms with Crippen molar-refractivity contribution in [2.24, 2.45) is 7.05 Å². The molecular weight excluding hydrogens is 114 g/mol. The summed E-state index contributed by atoms with van der Waals surface area (Å²) in [5.74, 6) is 0. The standard InChI is InChI=1S/C6H9N3/c1-9-4-8-5-2-7-3-6(5)9/h4,7H,2-3H2,1H3. The van der Waals surface area contributed by atoms with E-state index in [-0.39, 0.29) is 0 Å². The van der Waals surface area contributed by atoms with Crippen LogP contribution in [0.4, 0.5) is 0 Å². The molecule has 0 atom stereocenters. The molecule has 0 fully saturated rings. The van der Waals surface area contributed by atoms with E-state index < -0.39 is 0 Å². The Morgan fingerprint density at radius 1 is 1.67 bits per heavy atom. The maximum atomic E-state index is 4.20. The fraction of sp³-hybridized carbons (Fsp3) is 0.500. The molecule has 2 heterocycles. The molecular formula is C6H9N3. The van der Waals surface area contributed by atoms with E-state index in [9.17, 15) is 0 Å². The summed E-state index contributed by atoms with van der Waals surface area (Å²) < 4.78 is 2.06. The van der Waals surface area contributed by atoms with E-state index in [4.69, 9.17) is 0 Å². The zero-order valence-corrected chi connectivity index (χ0v) is 5.39. The van der Waals surface area contributed by atoms with Gasteiger partial charge in [0.1, 0.15) is 0 Å². The third-order valence-electron chi connectivity index (χ3n) is 1.73. The zero-order valence-electron chi connectivity index (χ0n) is 5.39. The summed E-state index contributed by atoms with van der Waals surface area (Å²) in [5, 5.41) is 3.23. The highest BCUT2D eigenvalue weighted by Gasteiger charge is 2.13. The quantitative estimate of drug-likeness (QED) is 0.527. The van der Waals surface area contributed by atoms with Crippen molar-refractivity contribution in [2.45, 2.75) is 13.1 Å². The van der Waals surface area contributed by atoms with Gasteiger partial charge in [0.15, 0.2) is 0 Å². The molecule has 1 aromatic heterocycles. The maximum absolute atomic E-state index is 4.20. The Bertz CT molecular complexity index is 226. The first-order chi connectivity index (χ1) is 4.38. The molecule has 9 heavy (non-hydrogen) atoms. The van der Waals surface area contributed by atoms with Crippen LogP contribution in [0.25, 0.3) is 0 Å². The van der Waals surface area contributed by atoms with Crippen LogP contribution in [0.5, 0.6) is 0 Å². The first-order valence-electron chi connectivity index (χ1n) is 3.08. The van der Waals surface area contributed by atoms with Crippen LogP contribution in [0, 0.1) is 0 Å². The van der Waals surface area contributed by atoms with Gasteiger partial charge >= 0.3 is 0 Å². The molecule has 1 aliphatic heterocycles. The van der Waals surface area contributed by atoms with Crippen molar-refractivity contribution in [3.05, 3.63) is 17.7 Å². The molecule has 1 aliphatic rings. The Labute approximate surface area is 53.7 Å². The number of aryl methyl sites for hydroxylation is 1. The fourth-order valence-electron chi connectivity index (χ4n) is 1.18. The van der Waals surface area contributed by atoms with Gasteiger partial charge < -0.3 is 9.88 Å².